The number of nitrogens with one attached hydrogen (secondary N) is 2. The summed E-state index contributed by atoms with van der Waals surface area (Å²) in [5.74, 6) is 1.76. The molecule has 0 unspecified atom stereocenters. The molecule has 2 fully saturated rings. The van der Waals surface area contributed by atoms with E-state index >= 15 is 0 Å². The summed E-state index contributed by atoms with van der Waals surface area (Å²) in [4.78, 5) is 7.21. The average molecular weight is 359 g/mol. The van der Waals surface area contributed by atoms with Gasteiger partial charge in [-0.05, 0) is 44.1 Å². The van der Waals surface area contributed by atoms with Crippen LogP contribution in [0.25, 0.3) is 0 Å². The summed E-state index contributed by atoms with van der Waals surface area (Å²) in [6.45, 7) is 8.70. The fourth-order valence-corrected chi connectivity index (χ4v) is 3.35. The van der Waals surface area contributed by atoms with Crippen LogP contribution in [0.3, 0.4) is 0 Å². The van der Waals surface area contributed by atoms with Crippen molar-refractivity contribution < 1.29 is 4.74 Å². The van der Waals surface area contributed by atoms with Gasteiger partial charge in [-0.25, -0.2) is 0 Å². The van der Waals surface area contributed by atoms with E-state index in [1.54, 1.807) is 0 Å². The minimum atomic E-state index is 0.507. The average Bonchev–Trinajstić information content (AvgIpc) is 3.48. The third-order valence-electron chi connectivity index (χ3n) is 5.08. The molecule has 1 aromatic rings. The van der Waals surface area contributed by atoms with E-state index in [1.807, 2.05) is 0 Å². The van der Waals surface area contributed by atoms with Gasteiger partial charge in [0.05, 0.1) is 13.2 Å². The first-order chi connectivity index (χ1) is 12.8. The van der Waals surface area contributed by atoms with Gasteiger partial charge in [-0.1, -0.05) is 30.3 Å². The number of aliphatic imine (C=N–C) groups is 1. The van der Waals surface area contributed by atoms with Crippen LogP contribution in [0.4, 0.5) is 0 Å². The van der Waals surface area contributed by atoms with E-state index in [9.17, 15) is 0 Å². The van der Waals surface area contributed by atoms with E-state index < -0.39 is 0 Å². The van der Waals surface area contributed by atoms with E-state index in [2.05, 4.69) is 57.8 Å². The summed E-state index contributed by atoms with van der Waals surface area (Å²) in [6, 6.07) is 11.3. The van der Waals surface area contributed by atoms with Crippen LogP contribution >= 0.6 is 0 Å². The van der Waals surface area contributed by atoms with Gasteiger partial charge < -0.3 is 15.4 Å². The van der Waals surface area contributed by atoms with Gasteiger partial charge in [0.1, 0.15) is 0 Å². The molecular weight excluding hydrogens is 324 g/mol. The Morgan fingerprint density at radius 1 is 1.15 bits per heavy atom. The lowest BCUT2D eigenvalue weighted by molar-refractivity contribution is 0.131. The Morgan fingerprint density at radius 2 is 1.92 bits per heavy atom. The third-order valence-corrected chi connectivity index (χ3v) is 5.08. The van der Waals surface area contributed by atoms with Crippen molar-refractivity contribution in [3.05, 3.63) is 35.9 Å². The molecule has 0 radical (unpaired) electrons. The van der Waals surface area contributed by atoms with Crippen LogP contribution in [0, 0.1) is 5.92 Å². The molecule has 5 nitrogen and oxygen atoms in total. The SMILES string of the molecule is CCNC(=NCCOCC1CC1)NC1CCN(Cc2ccccc2)CC1. The molecule has 1 aliphatic heterocycles. The summed E-state index contributed by atoms with van der Waals surface area (Å²) in [6.07, 6.45) is 5.01. The van der Waals surface area contributed by atoms with Crippen molar-refractivity contribution in [2.75, 3.05) is 39.4 Å². The van der Waals surface area contributed by atoms with Gasteiger partial charge in [0.15, 0.2) is 5.96 Å². The van der Waals surface area contributed by atoms with Crippen molar-refractivity contribution in [3.8, 4) is 0 Å². The van der Waals surface area contributed by atoms with Crippen LogP contribution < -0.4 is 10.6 Å². The van der Waals surface area contributed by atoms with E-state index in [0.29, 0.717) is 6.04 Å². The number of hydrogen-bond donors (Lipinski definition) is 2. The molecule has 144 valence electrons. The zero-order valence-corrected chi connectivity index (χ0v) is 16.1. The van der Waals surface area contributed by atoms with E-state index in [-0.39, 0.29) is 0 Å². The maximum absolute atomic E-state index is 5.68. The van der Waals surface area contributed by atoms with Crippen molar-refractivity contribution in [2.45, 2.75) is 45.2 Å². The van der Waals surface area contributed by atoms with Gasteiger partial charge in [-0.2, -0.15) is 0 Å². The Labute approximate surface area is 158 Å². The van der Waals surface area contributed by atoms with Gasteiger partial charge in [-0.3, -0.25) is 9.89 Å². The molecule has 2 N–H and O–H groups in total. The lowest BCUT2D eigenvalue weighted by atomic mass is 10.0. The predicted molar refractivity (Wildman–Crippen MR) is 107 cm³/mol. The summed E-state index contributed by atoms with van der Waals surface area (Å²) in [5, 5.41) is 6.97. The van der Waals surface area contributed by atoms with E-state index in [1.165, 1.54) is 18.4 Å². The molecule has 1 heterocycles. The number of guanidine groups is 1. The highest BCUT2D eigenvalue weighted by molar-refractivity contribution is 5.80. The van der Waals surface area contributed by atoms with Crippen LogP contribution in [-0.4, -0.2) is 56.3 Å². The molecule has 0 aromatic heterocycles. The largest absolute Gasteiger partial charge is 0.379 e. The van der Waals surface area contributed by atoms with Crippen molar-refractivity contribution in [1.82, 2.24) is 15.5 Å². The van der Waals surface area contributed by atoms with Crippen LogP contribution in [0.5, 0.6) is 0 Å². The second-order valence-corrected chi connectivity index (χ2v) is 7.46. The molecule has 0 spiro atoms. The van der Waals surface area contributed by atoms with E-state index in [4.69, 9.17) is 4.74 Å². The Morgan fingerprint density at radius 3 is 2.62 bits per heavy atom. The zero-order chi connectivity index (χ0) is 18.0. The fraction of sp³-hybridized carbons (Fsp3) is 0.667. The maximum Gasteiger partial charge on any atom is 0.191 e. The van der Waals surface area contributed by atoms with Crippen molar-refractivity contribution in [3.63, 3.8) is 0 Å². The number of hydrogen-bond acceptors (Lipinski definition) is 3. The van der Waals surface area contributed by atoms with Crippen molar-refractivity contribution >= 4 is 5.96 Å². The molecule has 1 saturated heterocycles. The van der Waals surface area contributed by atoms with Gasteiger partial charge in [0.2, 0.25) is 0 Å². The Kier molecular flexibility index (Phi) is 7.77. The zero-order valence-electron chi connectivity index (χ0n) is 16.1. The minimum absolute atomic E-state index is 0.507. The van der Waals surface area contributed by atoms with Crippen molar-refractivity contribution in [2.24, 2.45) is 10.9 Å². The molecule has 3 rings (SSSR count). The highest BCUT2D eigenvalue weighted by Gasteiger charge is 2.21. The minimum Gasteiger partial charge on any atom is -0.379 e. The van der Waals surface area contributed by atoms with E-state index in [0.717, 1.165) is 70.7 Å². The number of benzene rings is 1. The Hall–Kier alpha value is -1.59. The van der Waals surface area contributed by atoms with Crippen LogP contribution in [-0.2, 0) is 11.3 Å². The molecule has 1 saturated carbocycles. The summed E-state index contributed by atoms with van der Waals surface area (Å²) in [5.41, 5.74) is 1.40. The summed E-state index contributed by atoms with van der Waals surface area (Å²) >= 11 is 0. The molecule has 1 aromatic carbocycles. The first kappa shape index (κ1) is 19.2. The Balaban J connectivity index is 1.36. The predicted octanol–water partition coefficient (Wildman–Crippen LogP) is 2.63. The van der Waals surface area contributed by atoms with Crippen LogP contribution in [0.15, 0.2) is 35.3 Å². The highest BCUT2D eigenvalue weighted by Crippen LogP contribution is 2.28. The number of nitrogens with zero attached hydrogens (tertiary/aromatic N) is 2. The topological polar surface area (TPSA) is 48.9 Å². The quantitative estimate of drug-likeness (QED) is 0.405. The first-order valence-corrected chi connectivity index (χ1v) is 10.2. The van der Waals surface area contributed by atoms with Crippen LogP contribution in [0.2, 0.25) is 0 Å². The molecule has 0 atom stereocenters. The molecule has 1 aliphatic carbocycles. The second kappa shape index (κ2) is 10.5. The molecular formula is C21H34N4O. The maximum atomic E-state index is 5.68. The lowest BCUT2D eigenvalue weighted by Gasteiger charge is -2.33. The summed E-state index contributed by atoms with van der Waals surface area (Å²) in [7, 11) is 0. The van der Waals surface area contributed by atoms with Gasteiger partial charge in [0.25, 0.3) is 0 Å². The lowest BCUT2D eigenvalue weighted by Crippen LogP contribution is -2.48. The van der Waals surface area contributed by atoms with Gasteiger partial charge >= 0.3 is 0 Å². The fourth-order valence-electron chi connectivity index (χ4n) is 3.35. The monoisotopic (exact) mass is 358 g/mol. The van der Waals surface area contributed by atoms with Crippen LogP contribution in [0.1, 0.15) is 38.2 Å². The first-order valence-electron chi connectivity index (χ1n) is 10.2. The third kappa shape index (κ3) is 6.96. The molecule has 2 aliphatic rings. The van der Waals surface area contributed by atoms with Gasteiger partial charge in [-0.15, -0.1) is 0 Å². The summed E-state index contributed by atoms with van der Waals surface area (Å²) < 4.78 is 5.68. The number of piperidine rings is 1. The van der Waals surface area contributed by atoms with Gasteiger partial charge in [0, 0.05) is 38.8 Å². The highest BCUT2D eigenvalue weighted by atomic mass is 16.5. The second-order valence-electron chi connectivity index (χ2n) is 7.46. The number of rotatable bonds is 9. The molecule has 0 bridgehead atoms. The molecule has 0 amide bonds. The number of likely N-dealkylation sites (tertiary alicyclic amines) is 1. The molecule has 26 heavy (non-hydrogen) atoms. The number of ether oxygens (including phenoxy) is 1. The standard InChI is InChI=1S/C21H34N4O/c1-2-22-21(23-12-15-26-17-19-8-9-19)24-20-10-13-25(14-11-20)16-18-6-4-3-5-7-18/h3-7,19-20H,2,8-17H2,1H3,(H2,22,23,24). The molecule has 5 heteroatoms. The smallest absolute Gasteiger partial charge is 0.191 e. The van der Waals surface area contributed by atoms with Crippen molar-refractivity contribution in [1.29, 1.82) is 0 Å². The normalized spacial score (nSPS) is 19.5. The Bertz CT molecular complexity index is 536.